The fourth-order valence-corrected chi connectivity index (χ4v) is 5.86. The van der Waals surface area contributed by atoms with Gasteiger partial charge in [-0.3, -0.25) is 13.9 Å². The van der Waals surface area contributed by atoms with Crippen LogP contribution in [0.5, 0.6) is 5.75 Å². The van der Waals surface area contributed by atoms with E-state index in [0.717, 1.165) is 16.8 Å². The molecule has 1 aliphatic rings. The second-order valence-corrected chi connectivity index (χ2v) is 10.8. The maximum atomic E-state index is 14.6. The Balaban J connectivity index is 1.56. The largest absolute Gasteiger partial charge is 0.486 e. The van der Waals surface area contributed by atoms with Crippen LogP contribution in [0.15, 0.2) is 46.4 Å². The summed E-state index contributed by atoms with van der Waals surface area (Å²) in [6.07, 6.45) is -3.85. The van der Waals surface area contributed by atoms with Crippen LogP contribution in [-0.2, 0) is 13.1 Å². The molecule has 1 aliphatic heterocycles. The highest BCUT2D eigenvalue weighted by Gasteiger charge is 2.30. The van der Waals surface area contributed by atoms with E-state index >= 15 is 0 Å². The van der Waals surface area contributed by atoms with Gasteiger partial charge in [0.2, 0.25) is 0 Å². The molecule has 206 valence electrons. The number of aromatic nitrogens is 4. The second kappa shape index (κ2) is 10.7. The van der Waals surface area contributed by atoms with Crippen molar-refractivity contribution in [2.45, 2.75) is 44.9 Å². The first-order valence-corrected chi connectivity index (χ1v) is 13.1. The molecule has 0 aliphatic carbocycles. The van der Waals surface area contributed by atoms with E-state index in [1.807, 2.05) is 0 Å². The van der Waals surface area contributed by atoms with Gasteiger partial charge in [-0.1, -0.05) is 11.6 Å². The Labute approximate surface area is 227 Å². The minimum absolute atomic E-state index is 0.183. The van der Waals surface area contributed by atoms with Gasteiger partial charge in [-0.2, -0.15) is 13.2 Å². The SMILES string of the molecule is Cc1cc(Cl)cc(-c2ncnc3cc(Cn4c(=O)ccn(CC(F)(F)F)c4=O)sc23)c1O[C@@H]1CCNC[C@@H]1F. The molecule has 4 heterocycles. The maximum Gasteiger partial charge on any atom is 0.406 e. The third-order valence-corrected chi connectivity index (χ3v) is 7.61. The summed E-state index contributed by atoms with van der Waals surface area (Å²) in [6.45, 7) is 0.824. The number of nitrogens with zero attached hydrogens (tertiary/aromatic N) is 4. The minimum Gasteiger partial charge on any atom is -0.486 e. The lowest BCUT2D eigenvalue weighted by atomic mass is 10.0. The molecule has 0 unspecified atom stereocenters. The van der Waals surface area contributed by atoms with E-state index in [-0.39, 0.29) is 13.1 Å². The summed E-state index contributed by atoms with van der Waals surface area (Å²) in [5, 5.41) is 3.41. The van der Waals surface area contributed by atoms with E-state index in [1.165, 1.54) is 17.7 Å². The van der Waals surface area contributed by atoms with Gasteiger partial charge in [-0.05, 0) is 43.7 Å². The van der Waals surface area contributed by atoms with Crippen molar-refractivity contribution in [3.8, 4) is 17.0 Å². The number of piperidine rings is 1. The zero-order valence-corrected chi connectivity index (χ0v) is 22.0. The molecule has 2 atom stereocenters. The number of alkyl halides is 4. The third-order valence-electron chi connectivity index (χ3n) is 6.28. The van der Waals surface area contributed by atoms with Gasteiger partial charge in [-0.25, -0.2) is 19.2 Å². The standard InChI is InChI=1S/C25H22ClF4N5O3S/c1-13-6-14(26)7-16(22(13)38-19-2-4-31-9-17(19)27)21-23-18(32-12-33-21)8-15(39-23)10-35-20(36)3-5-34(24(35)37)11-25(28,29)30/h3,5-8,12,17,19,31H,2,4,9-11H2,1H3/t17-,19+/m0/s1. The average molecular weight is 584 g/mol. The van der Waals surface area contributed by atoms with Crippen LogP contribution in [0.25, 0.3) is 21.5 Å². The Morgan fingerprint density at radius 2 is 2.03 bits per heavy atom. The Morgan fingerprint density at radius 1 is 1.23 bits per heavy atom. The molecule has 0 spiro atoms. The van der Waals surface area contributed by atoms with Crippen LogP contribution in [0.1, 0.15) is 16.9 Å². The molecule has 5 rings (SSSR count). The van der Waals surface area contributed by atoms with E-state index < -0.39 is 36.2 Å². The van der Waals surface area contributed by atoms with E-state index in [0.29, 0.717) is 60.2 Å². The molecular formula is C25H22ClF4N5O3S. The van der Waals surface area contributed by atoms with Crippen LogP contribution in [0.3, 0.4) is 0 Å². The predicted octanol–water partition coefficient (Wildman–Crippen LogP) is 4.33. The normalized spacial score (nSPS) is 18.0. The monoisotopic (exact) mass is 583 g/mol. The fraction of sp³-hybridized carbons (Fsp3) is 0.360. The summed E-state index contributed by atoms with van der Waals surface area (Å²) < 4.78 is 61.1. The number of rotatable bonds is 6. The second-order valence-electron chi connectivity index (χ2n) is 9.18. The zero-order chi connectivity index (χ0) is 27.9. The molecule has 14 heteroatoms. The lowest BCUT2D eigenvalue weighted by Crippen LogP contribution is -2.44. The highest BCUT2D eigenvalue weighted by atomic mass is 35.5. The molecule has 1 aromatic carbocycles. The molecule has 0 radical (unpaired) electrons. The van der Waals surface area contributed by atoms with E-state index in [9.17, 15) is 27.2 Å². The number of nitrogens with one attached hydrogen (secondary N) is 1. The van der Waals surface area contributed by atoms with Gasteiger partial charge in [0, 0.05) is 34.3 Å². The molecule has 3 aromatic heterocycles. The van der Waals surface area contributed by atoms with Gasteiger partial charge in [0.1, 0.15) is 30.9 Å². The van der Waals surface area contributed by atoms with Crippen molar-refractivity contribution < 1.29 is 22.3 Å². The summed E-state index contributed by atoms with van der Waals surface area (Å²) in [4.78, 5) is 34.2. The number of thiophene rings is 1. The molecule has 0 bridgehead atoms. The molecule has 0 saturated carbocycles. The van der Waals surface area contributed by atoms with E-state index in [2.05, 4.69) is 15.3 Å². The summed E-state index contributed by atoms with van der Waals surface area (Å²) in [6, 6.07) is 5.93. The van der Waals surface area contributed by atoms with Crippen LogP contribution >= 0.6 is 22.9 Å². The first kappa shape index (κ1) is 27.3. The van der Waals surface area contributed by atoms with Crippen molar-refractivity contribution >= 4 is 33.2 Å². The summed E-state index contributed by atoms with van der Waals surface area (Å²) >= 11 is 7.55. The Bertz CT molecular complexity index is 1650. The Kier molecular flexibility index (Phi) is 7.49. The topological polar surface area (TPSA) is 91.0 Å². The summed E-state index contributed by atoms with van der Waals surface area (Å²) in [5.74, 6) is 0.429. The maximum absolute atomic E-state index is 14.6. The molecule has 8 nitrogen and oxygen atoms in total. The van der Waals surface area contributed by atoms with E-state index in [1.54, 1.807) is 25.1 Å². The van der Waals surface area contributed by atoms with Crippen molar-refractivity contribution in [3.63, 3.8) is 0 Å². The first-order valence-electron chi connectivity index (χ1n) is 11.9. The van der Waals surface area contributed by atoms with Gasteiger partial charge in [0.05, 0.1) is 22.5 Å². The number of hydrogen-bond acceptors (Lipinski definition) is 7. The number of ether oxygens (including phenoxy) is 1. The lowest BCUT2D eigenvalue weighted by molar-refractivity contribution is -0.141. The van der Waals surface area contributed by atoms with Gasteiger partial charge < -0.3 is 10.1 Å². The first-order chi connectivity index (χ1) is 18.5. The minimum atomic E-state index is -4.63. The van der Waals surface area contributed by atoms with Gasteiger partial charge >= 0.3 is 11.9 Å². The molecule has 4 aromatic rings. The highest BCUT2D eigenvalue weighted by molar-refractivity contribution is 7.19. The van der Waals surface area contributed by atoms with Crippen molar-refractivity contribution in [1.82, 2.24) is 24.4 Å². The van der Waals surface area contributed by atoms with E-state index in [4.69, 9.17) is 16.3 Å². The third kappa shape index (κ3) is 5.85. The molecule has 1 fully saturated rings. The summed E-state index contributed by atoms with van der Waals surface area (Å²) in [7, 11) is 0. The summed E-state index contributed by atoms with van der Waals surface area (Å²) in [5.41, 5.74) is 0.354. The van der Waals surface area contributed by atoms with Crippen molar-refractivity contribution in [1.29, 1.82) is 0 Å². The zero-order valence-electron chi connectivity index (χ0n) is 20.5. The molecule has 1 saturated heterocycles. The van der Waals surface area contributed by atoms with Crippen LogP contribution < -0.4 is 21.3 Å². The molecule has 39 heavy (non-hydrogen) atoms. The van der Waals surface area contributed by atoms with Crippen LogP contribution in [0.2, 0.25) is 5.02 Å². The quantitative estimate of drug-likeness (QED) is 0.340. The number of fused-ring (bicyclic) bond motifs is 1. The Hall–Kier alpha value is -3.29. The number of halogens is 5. The average Bonchev–Trinajstić information content (AvgIpc) is 3.28. The van der Waals surface area contributed by atoms with Crippen LogP contribution in [-0.4, -0.2) is 50.6 Å². The van der Waals surface area contributed by atoms with Gasteiger partial charge in [-0.15, -0.1) is 11.3 Å². The van der Waals surface area contributed by atoms with Crippen LogP contribution in [0.4, 0.5) is 17.6 Å². The fourth-order valence-electron chi connectivity index (χ4n) is 4.49. The van der Waals surface area contributed by atoms with Gasteiger partial charge in [0.15, 0.2) is 0 Å². The molecular weight excluding hydrogens is 562 g/mol. The number of hydrogen-bond donors (Lipinski definition) is 1. The number of aryl methyl sites for hydroxylation is 1. The van der Waals surface area contributed by atoms with Gasteiger partial charge in [0.25, 0.3) is 5.56 Å². The lowest BCUT2D eigenvalue weighted by Gasteiger charge is -2.29. The van der Waals surface area contributed by atoms with Crippen molar-refractivity contribution in [2.75, 3.05) is 13.1 Å². The molecule has 1 N–H and O–H groups in total. The number of benzene rings is 1. The van der Waals surface area contributed by atoms with Crippen LogP contribution in [0, 0.1) is 6.92 Å². The highest BCUT2D eigenvalue weighted by Crippen LogP contribution is 2.41. The Morgan fingerprint density at radius 3 is 2.77 bits per heavy atom. The molecule has 0 amide bonds. The van der Waals surface area contributed by atoms with Crippen molar-refractivity contribution in [3.05, 3.63) is 73.1 Å². The predicted molar refractivity (Wildman–Crippen MR) is 140 cm³/mol. The van der Waals surface area contributed by atoms with Crippen molar-refractivity contribution in [2.24, 2.45) is 0 Å². The smallest absolute Gasteiger partial charge is 0.406 e.